The maximum Gasteiger partial charge on any atom is 0.262 e. The Hall–Kier alpha value is -3.56. The number of aromatic nitrogens is 4. The van der Waals surface area contributed by atoms with Crippen LogP contribution < -0.4 is 10.9 Å². The highest BCUT2D eigenvalue weighted by atomic mass is 32.1. The van der Waals surface area contributed by atoms with E-state index in [1.54, 1.807) is 4.40 Å². The smallest absolute Gasteiger partial charge is 0.262 e. The lowest BCUT2D eigenvalue weighted by molar-refractivity contribution is 0.220. The van der Waals surface area contributed by atoms with Crippen molar-refractivity contribution >= 4 is 33.3 Å². The van der Waals surface area contributed by atoms with E-state index in [4.69, 9.17) is 4.98 Å². The van der Waals surface area contributed by atoms with Gasteiger partial charge in [-0.15, -0.1) is 11.3 Å². The zero-order chi connectivity index (χ0) is 26.2. The normalized spacial score (nSPS) is 15.0. The van der Waals surface area contributed by atoms with Crippen LogP contribution in [0, 0.1) is 19.7 Å². The third kappa shape index (κ3) is 4.83. The van der Waals surface area contributed by atoms with Gasteiger partial charge in [-0.05, 0) is 62.9 Å². The van der Waals surface area contributed by atoms with Crippen LogP contribution in [0.3, 0.4) is 0 Å². The van der Waals surface area contributed by atoms with Gasteiger partial charge in [0.05, 0.1) is 17.6 Å². The van der Waals surface area contributed by atoms with Gasteiger partial charge in [0.2, 0.25) is 5.95 Å². The van der Waals surface area contributed by atoms with E-state index in [-0.39, 0.29) is 11.4 Å². The third-order valence-electron chi connectivity index (χ3n) is 7.55. The van der Waals surface area contributed by atoms with Crippen molar-refractivity contribution in [3.05, 3.63) is 92.6 Å². The summed E-state index contributed by atoms with van der Waals surface area (Å²) in [5.74, 6) is 0.622. The number of rotatable bonds is 7. The number of hydrogen-bond donors (Lipinski definition) is 1. The van der Waals surface area contributed by atoms with Gasteiger partial charge in [0.15, 0.2) is 4.96 Å². The van der Waals surface area contributed by atoms with Gasteiger partial charge in [-0.2, -0.15) is 0 Å². The van der Waals surface area contributed by atoms with Crippen molar-refractivity contribution < 1.29 is 4.39 Å². The molecule has 1 aliphatic heterocycles. The van der Waals surface area contributed by atoms with Crippen LogP contribution in [0.15, 0.2) is 58.7 Å². The molecule has 0 bridgehead atoms. The van der Waals surface area contributed by atoms with E-state index in [1.165, 1.54) is 23.5 Å². The summed E-state index contributed by atoms with van der Waals surface area (Å²) < 4.78 is 17.4. The van der Waals surface area contributed by atoms with Crippen LogP contribution >= 0.6 is 11.3 Å². The number of aryl methyl sites for hydroxylation is 2. The van der Waals surface area contributed by atoms with Gasteiger partial charge in [-0.3, -0.25) is 9.20 Å². The van der Waals surface area contributed by atoms with Crippen molar-refractivity contribution in [1.82, 2.24) is 23.8 Å². The zero-order valence-electron chi connectivity index (χ0n) is 21.7. The van der Waals surface area contributed by atoms with Crippen LogP contribution in [0.1, 0.15) is 35.4 Å². The maximum atomic E-state index is 13.4. The van der Waals surface area contributed by atoms with Crippen molar-refractivity contribution in [2.45, 2.75) is 45.7 Å². The molecule has 4 heterocycles. The molecule has 1 N–H and O–H groups in total. The van der Waals surface area contributed by atoms with E-state index in [2.05, 4.69) is 25.8 Å². The monoisotopic (exact) mass is 530 g/mol. The highest BCUT2D eigenvalue weighted by Crippen LogP contribution is 2.24. The van der Waals surface area contributed by atoms with Gasteiger partial charge in [0, 0.05) is 48.0 Å². The second-order valence-corrected chi connectivity index (χ2v) is 11.0. The number of hydrogen-bond acceptors (Lipinski definition) is 6. The highest BCUT2D eigenvalue weighted by molar-refractivity contribution is 7.15. The summed E-state index contributed by atoms with van der Waals surface area (Å²) in [5.41, 5.74) is 5.72. The van der Waals surface area contributed by atoms with Gasteiger partial charge < -0.3 is 14.8 Å². The number of fused-ring (bicyclic) bond motifs is 2. The summed E-state index contributed by atoms with van der Waals surface area (Å²) in [4.78, 5) is 25.8. The molecule has 1 saturated heterocycles. The van der Waals surface area contributed by atoms with Crippen LogP contribution in [-0.4, -0.2) is 49.5 Å². The minimum Gasteiger partial charge on any atom is -0.353 e. The summed E-state index contributed by atoms with van der Waals surface area (Å²) in [6.45, 7) is 7.30. The molecule has 7 nitrogen and oxygen atoms in total. The molecule has 0 unspecified atom stereocenters. The van der Waals surface area contributed by atoms with Gasteiger partial charge in [0.25, 0.3) is 5.56 Å². The average Bonchev–Trinajstić information content (AvgIpc) is 3.45. The predicted octanol–water partition coefficient (Wildman–Crippen LogP) is 5.03. The molecule has 0 aliphatic carbocycles. The maximum absolute atomic E-state index is 13.4. The van der Waals surface area contributed by atoms with Crippen LogP contribution in [0.5, 0.6) is 0 Å². The first kappa shape index (κ1) is 24.8. The summed E-state index contributed by atoms with van der Waals surface area (Å²) in [6, 6.07) is 15.1. The molecular formula is C29H31FN6OS. The molecule has 38 heavy (non-hydrogen) atoms. The van der Waals surface area contributed by atoms with E-state index in [1.807, 2.05) is 49.6 Å². The molecule has 6 rings (SSSR count). The Balaban J connectivity index is 1.12. The predicted molar refractivity (Wildman–Crippen MR) is 151 cm³/mol. The Morgan fingerprint density at radius 2 is 1.82 bits per heavy atom. The zero-order valence-corrected chi connectivity index (χ0v) is 22.5. The summed E-state index contributed by atoms with van der Waals surface area (Å²) in [5, 5.41) is 5.68. The second kappa shape index (κ2) is 10.3. The van der Waals surface area contributed by atoms with Gasteiger partial charge in [-0.25, -0.2) is 14.4 Å². The Bertz CT molecular complexity index is 1650. The standard InChI is InChI=1S/C29H31FN6OS/c1-19-18-38-29-31-20(2)24(27(37)36(19)29)13-16-34-14-11-23(12-15-34)32-28-33-25-5-3-4-6-26(25)35(28)17-21-7-9-22(30)10-8-21/h3-10,18,23H,11-17H2,1-2H3,(H,32,33). The Kier molecular flexibility index (Phi) is 6.71. The molecule has 196 valence electrons. The number of benzene rings is 2. The van der Waals surface area contributed by atoms with Crippen molar-refractivity contribution in [2.75, 3.05) is 25.0 Å². The number of anilines is 1. The molecule has 1 aliphatic rings. The Morgan fingerprint density at radius 3 is 2.61 bits per heavy atom. The van der Waals surface area contributed by atoms with Gasteiger partial charge in [0.1, 0.15) is 5.82 Å². The van der Waals surface area contributed by atoms with Crippen LogP contribution in [-0.2, 0) is 13.0 Å². The fourth-order valence-corrected chi connectivity index (χ4v) is 6.28. The summed E-state index contributed by atoms with van der Waals surface area (Å²) in [7, 11) is 0. The second-order valence-electron chi connectivity index (χ2n) is 10.1. The fraction of sp³-hybridized carbons (Fsp3) is 0.345. The first-order valence-electron chi connectivity index (χ1n) is 13.1. The minimum atomic E-state index is -0.229. The lowest BCUT2D eigenvalue weighted by Crippen LogP contribution is -2.41. The Labute approximate surface area is 224 Å². The molecular weight excluding hydrogens is 499 g/mol. The highest BCUT2D eigenvalue weighted by Gasteiger charge is 2.22. The fourth-order valence-electron chi connectivity index (χ4n) is 5.38. The first-order chi connectivity index (χ1) is 18.5. The average molecular weight is 531 g/mol. The molecule has 0 spiro atoms. The van der Waals surface area contributed by atoms with Crippen LogP contribution in [0.4, 0.5) is 10.3 Å². The van der Waals surface area contributed by atoms with E-state index in [9.17, 15) is 9.18 Å². The number of thiazole rings is 1. The lowest BCUT2D eigenvalue weighted by atomic mass is 10.0. The number of piperidine rings is 1. The van der Waals surface area contributed by atoms with E-state index >= 15 is 0 Å². The van der Waals surface area contributed by atoms with Crippen molar-refractivity contribution in [2.24, 2.45) is 0 Å². The number of nitrogens with zero attached hydrogens (tertiary/aromatic N) is 5. The van der Waals surface area contributed by atoms with E-state index in [0.29, 0.717) is 19.0 Å². The lowest BCUT2D eigenvalue weighted by Gasteiger charge is -2.32. The third-order valence-corrected chi connectivity index (χ3v) is 8.49. The van der Waals surface area contributed by atoms with Crippen LogP contribution in [0.2, 0.25) is 0 Å². The van der Waals surface area contributed by atoms with Crippen LogP contribution in [0.25, 0.3) is 16.0 Å². The molecule has 5 aromatic rings. The first-order valence-corrected chi connectivity index (χ1v) is 14.0. The molecule has 0 radical (unpaired) electrons. The molecule has 0 amide bonds. The number of nitrogens with one attached hydrogen (secondary N) is 1. The molecule has 3 aromatic heterocycles. The van der Waals surface area contributed by atoms with Gasteiger partial charge >= 0.3 is 0 Å². The van der Waals surface area contributed by atoms with E-state index in [0.717, 1.165) is 76.9 Å². The SMILES string of the molecule is Cc1nc2scc(C)n2c(=O)c1CCN1CCC(Nc2nc3ccccc3n2Cc2ccc(F)cc2)CC1. The van der Waals surface area contributed by atoms with Gasteiger partial charge in [-0.1, -0.05) is 24.3 Å². The summed E-state index contributed by atoms with van der Waals surface area (Å²) in [6.07, 6.45) is 2.71. The van der Waals surface area contributed by atoms with Crippen molar-refractivity contribution in [3.8, 4) is 0 Å². The van der Waals surface area contributed by atoms with Crippen molar-refractivity contribution in [3.63, 3.8) is 0 Å². The number of para-hydroxylation sites is 2. The number of imidazole rings is 1. The van der Waals surface area contributed by atoms with Crippen molar-refractivity contribution in [1.29, 1.82) is 0 Å². The molecule has 0 atom stereocenters. The molecule has 9 heteroatoms. The largest absolute Gasteiger partial charge is 0.353 e. The van der Waals surface area contributed by atoms with E-state index < -0.39 is 0 Å². The number of likely N-dealkylation sites (tertiary alicyclic amines) is 1. The molecule has 0 saturated carbocycles. The minimum absolute atomic E-state index is 0.0721. The molecule has 2 aromatic carbocycles. The summed E-state index contributed by atoms with van der Waals surface area (Å²) >= 11 is 1.51. The number of halogens is 1. The molecule has 1 fully saturated rings. The topological polar surface area (TPSA) is 67.5 Å². The quantitative estimate of drug-likeness (QED) is 0.320. The Morgan fingerprint density at radius 1 is 1.05 bits per heavy atom.